The number of nitrogens with zero attached hydrogens (tertiary/aromatic N) is 1. The zero-order chi connectivity index (χ0) is 22.6. The Morgan fingerprint density at radius 2 is 1.56 bits per heavy atom. The molecule has 0 aliphatic heterocycles. The molecule has 0 aliphatic rings. The Morgan fingerprint density at radius 3 is 2.12 bits per heavy atom. The highest BCUT2D eigenvalue weighted by molar-refractivity contribution is 14.0. The molecule has 0 spiro atoms. The van der Waals surface area contributed by atoms with Gasteiger partial charge in [-0.05, 0) is 49.1 Å². The summed E-state index contributed by atoms with van der Waals surface area (Å²) >= 11 is 0. The first kappa shape index (κ1) is 27.7. The third kappa shape index (κ3) is 7.65. The van der Waals surface area contributed by atoms with Crippen molar-refractivity contribution < 1.29 is 18.9 Å². The van der Waals surface area contributed by atoms with E-state index in [1.807, 2.05) is 31.2 Å². The maximum atomic E-state index is 5.56. The highest BCUT2D eigenvalue weighted by Crippen LogP contribution is 2.39. The fourth-order valence-corrected chi connectivity index (χ4v) is 3.30. The minimum atomic E-state index is 0. The molecule has 1 atom stereocenters. The molecule has 2 rings (SSSR count). The summed E-state index contributed by atoms with van der Waals surface area (Å²) in [6.07, 6.45) is 0.983. The number of hydrogen-bond donors (Lipinski definition) is 2. The molecule has 0 fully saturated rings. The van der Waals surface area contributed by atoms with Crippen molar-refractivity contribution in [2.75, 3.05) is 41.5 Å². The van der Waals surface area contributed by atoms with Crippen LogP contribution in [-0.2, 0) is 6.54 Å². The van der Waals surface area contributed by atoms with Crippen LogP contribution in [-0.4, -0.2) is 47.5 Å². The number of halogens is 1. The van der Waals surface area contributed by atoms with Gasteiger partial charge in [-0.3, -0.25) is 0 Å². The largest absolute Gasteiger partial charge is 0.497 e. The van der Waals surface area contributed by atoms with Gasteiger partial charge in [-0.15, -0.1) is 24.0 Å². The smallest absolute Gasteiger partial charge is 0.203 e. The molecule has 0 amide bonds. The Morgan fingerprint density at radius 1 is 0.875 bits per heavy atom. The molecule has 7 nitrogen and oxygen atoms in total. The van der Waals surface area contributed by atoms with E-state index in [9.17, 15) is 0 Å². The van der Waals surface area contributed by atoms with Gasteiger partial charge in [0.1, 0.15) is 5.75 Å². The second-order valence-electron chi connectivity index (χ2n) is 7.08. The van der Waals surface area contributed by atoms with Gasteiger partial charge in [-0.1, -0.05) is 19.1 Å². The lowest BCUT2D eigenvalue weighted by Gasteiger charge is -2.17. The van der Waals surface area contributed by atoms with E-state index in [1.54, 1.807) is 28.4 Å². The van der Waals surface area contributed by atoms with Crippen molar-refractivity contribution in [3.63, 3.8) is 0 Å². The van der Waals surface area contributed by atoms with Crippen molar-refractivity contribution in [1.29, 1.82) is 0 Å². The molecule has 1 unspecified atom stereocenters. The van der Waals surface area contributed by atoms with Crippen LogP contribution < -0.4 is 29.6 Å². The molecule has 178 valence electrons. The van der Waals surface area contributed by atoms with Crippen molar-refractivity contribution in [3.05, 3.63) is 47.5 Å². The van der Waals surface area contributed by atoms with Crippen LogP contribution in [0.1, 0.15) is 37.3 Å². The topological polar surface area (TPSA) is 73.3 Å². The van der Waals surface area contributed by atoms with Gasteiger partial charge in [0.05, 0.1) is 35.0 Å². The summed E-state index contributed by atoms with van der Waals surface area (Å²) in [4.78, 5) is 4.72. The second kappa shape index (κ2) is 14.7. The molecule has 0 aliphatic carbocycles. The number of ether oxygens (including phenoxy) is 4. The van der Waals surface area contributed by atoms with Crippen LogP contribution in [0.15, 0.2) is 41.4 Å². The van der Waals surface area contributed by atoms with Gasteiger partial charge in [0.25, 0.3) is 0 Å². The molecular weight excluding hydrogens is 521 g/mol. The molecule has 2 aromatic rings. The first-order valence-corrected chi connectivity index (χ1v) is 10.5. The quantitative estimate of drug-likeness (QED) is 0.239. The number of benzene rings is 2. The molecule has 0 radical (unpaired) electrons. The predicted octanol–water partition coefficient (Wildman–Crippen LogP) is 4.59. The van der Waals surface area contributed by atoms with Gasteiger partial charge >= 0.3 is 0 Å². The first-order valence-electron chi connectivity index (χ1n) is 10.5. The average molecular weight is 557 g/mol. The van der Waals surface area contributed by atoms with Crippen LogP contribution in [0, 0.1) is 0 Å². The summed E-state index contributed by atoms with van der Waals surface area (Å²) in [5.41, 5.74) is 2.21. The molecule has 0 bridgehead atoms. The van der Waals surface area contributed by atoms with Gasteiger partial charge in [-0.2, -0.15) is 0 Å². The third-order valence-electron chi connectivity index (χ3n) is 5.09. The van der Waals surface area contributed by atoms with Crippen molar-refractivity contribution in [2.45, 2.75) is 32.7 Å². The third-order valence-corrected chi connectivity index (χ3v) is 5.09. The van der Waals surface area contributed by atoms with Crippen LogP contribution in [0.3, 0.4) is 0 Å². The molecular formula is C24H36IN3O4. The van der Waals surface area contributed by atoms with Crippen LogP contribution in [0.2, 0.25) is 0 Å². The molecule has 2 N–H and O–H groups in total. The van der Waals surface area contributed by atoms with Crippen molar-refractivity contribution in [1.82, 2.24) is 10.6 Å². The minimum absolute atomic E-state index is 0. The summed E-state index contributed by atoms with van der Waals surface area (Å²) in [5, 5.41) is 6.72. The second-order valence-corrected chi connectivity index (χ2v) is 7.08. The highest BCUT2D eigenvalue weighted by atomic mass is 127. The lowest BCUT2D eigenvalue weighted by atomic mass is 9.98. The molecule has 0 heterocycles. The van der Waals surface area contributed by atoms with Crippen LogP contribution >= 0.6 is 24.0 Å². The summed E-state index contributed by atoms with van der Waals surface area (Å²) in [6.45, 7) is 6.31. The molecule has 2 aromatic carbocycles. The van der Waals surface area contributed by atoms with Gasteiger partial charge < -0.3 is 29.6 Å². The number of methoxy groups -OCH3 is 4. The van der Waals surface area contributed by atoms with Gasteiger partial charge in [-0.25, -0.2) is 4.99 Å². The van der Waals surface area contributed by atoms with E-state index < -0.39 is 0 Å². The molecule has 0 saturated carbocycles. The zero-order valence-corrected chi connectivity index (χ0v) is 22.2. The fraction of sp³-hybridized carbons (Fsp3) is 0.458. The van der Waals surface area contributed by atoms with Crippen molar-refractivity contribution in [3.8, 4) is 23.0 Å². The normalized spacial score (nSPS) is 11.8. The number of aliphatic imine (C=N–C) groups is 1. The maximum absolute atomic E-state index is 5.56. The minimum Gasteiger partial charge on any atom is -0.497 e. The molecule has 0 aromatic heterocycles. The average Bonchev–Trinajstić information content (AvgIpc) is 2.81. The summed E-state index contributed by atoms with van der Waals surface area (Å²) in [6, 6.07) is 12.0. The summed E-state index contributed by atoms with van der Waals surface area (Å²) in [5.74, 6) is 3.90. The fourth-order valence-electron chi connectivity index (χ4n) is 3.30. The first-order chi connectivity index (χ1) is 15.1. The number of rotatable bonds is 11. The summed E-state index contributed by atoms with van der Waals surface area (Å²) in [7, 11) is 6.51. The highest BCUT2D eigenvalue weighted by Gasteiger charge is 2.15. The zero-order valence-electron chi connectivity index (χ0n) is 19.9. The van der Waals surface area contributed by atoms with E-state index in [0.717, 1.165) is 36.8 Å². The van der Waals surface area contributed by atoms with E-state index in [4.69, 9.17) is 23.9 Å². The standard InChI is InChI=1S/C24H35N3O4.HI/c1-7-25-24(26-15-14-17(2)18-8-11-20(28-3)12-9-18)27-16-19-10-13-21(29-4)23(31-6)22(19)30-5;/h8-13,17H,7,14-16H2,1-6H3,(H2,25,26,27);1H. The lowest BCUT2D eigenvalue weighted by molar-refractivity contribution is 0.322. The van der Waals surface area contributed by atoms with Crippen LogP contribution in [0.5, 0.6) is 23.0 Å². The van der Waals surface area contributed by atoms with Gasteiger partial charge in [0, 0.05) is 18.7 Å². The van der Waals surface area contributed by atoms with E-state index in [0.29, 0.717) is 29.7 Å². The van der Waals surface area contributed by atoms with Crippen molar-refractivity contribution >= 4 is 29.9 Å². The predicted molar refractivity (Wildman–Crippen MR) is 140 cm³/mol. The van der Waals surface area contributed by atoms with E-state index in [-0.39, 0.29) is 24.0 Å². The van der Waals surface area contributed by atoms with E-state index in [2.05, 4.69) is 29.7 Å². The Kier molecular flexibility index (Phi) is 12.7. The molecule has 0 saturated heterocycles. The number of hydrogen-bond acceptors (Lipinski definition) is 5. The monoisotopic (exact) mass is 557 g/mol. The van der Waals surface area contributed by atoms with Crippen LogP contribution in [0.4, 0.5) is 0 Å². The summed E-state index contributed by atoms with van der Waals surface area (Å²) < 4.78 is 21.6. The van der Waals surface area contributed by atoms with E-state index in [1.165, 1.54) is 5.56 Å². The molecule has 8 heteroatoms. The van der Waals surface area contributed by atoms with Gasteiger partial charge in [0.2, 0.25) is 5.75 Å². The number of nitrogens with one attached hydrogen (secondary N) is 2. The Bertz CT molecular complexity index is 844. The maximum Gasteiger partial charge on any atom is 0.203 e. The SMILES string of the molecule is CCNC(=NCc1ccc(OC)c(OC)c1OC)NCCC(C)c1ccc(OC)cc1.I. The Balaban J connectivity index is 0.00000512. The Hall–Kier alpha value is -2.36. The van der Waals surface area contributed by atoms with Gasteiger partial charge in [0.15, 0.2) is 17.5 Å². The van der Waals surface area contributed by atoms with Crippen LogP contribution in [0.25, 0.3) is 0 Å². The lowest BCUT2D eigenvalue weighted by Crippen LogP contribution is -2.38. The van der Waals surface area contributed by atoms with Crippen molar-refractivity contribution in [2.24, 2.45) is 4.99 Å². The van der Waals surface area contributed by atoms with E-state index >= 15 is 0 Å². The molecule has 32 heavy (non-hydrogen) atoms. The number of guanidine groups is 1. The Labute approximate surface area is 208 Å².